The fourth-order valence-electron chi connectivity index (χ4n) is 2.20. The minimum atomic E-state index is -1.45. The first kappa shape index (κ1) is 17.4. The number of hydrogen-bond donors (Lipinski definition) is 5. The van der Waals surface area contributed by atoms with Gasteiger partial charge in [0.15, 0.2) is 0 Å². The van der Waals surface area contributed by atoms with Crippen LogP contribution in [-0.2, 0) is 14.3 Å². The van der Waals surface area contributed by atoms with Crippen molar-refractivity contribution in [3.05, 3.63) is 24.3 Å². The van der Waals surface area contributed by atoms with Crippen LogP contribution in [0.2, 0.25) is 0 Å². The molecule has 0 saturated carbocycles. The van der Waals surface area contributed by atoms with E-state index in [4.69, 9.17) is 25.1 Å². The summed E-state index contributed by atoms with van der Waals surface area (Å²) in [6.45, 7) is -1.27. The summed E-state index contributed by atoms with van der Waals surface area (Å²) >= 11 is 0. The van der Waals surface area contributed by atoms with Crippen LogP contribution in [0.5, 0.6) is 5.75 Å². The maximum Gasteiger partial charge on any atom is 0.329 e. The lowest BCUT2D eigenvalue weighted by Gasteiger charge is -2.41. The summed E-state index contributed by atoms with van der Waals surface area (Å²) in [5, 5.41) is 38.1. The Morgan fingerprint density at radius 1 is 1.22 bits per heavy atom. The second kappa shape index (κ2) is 7.57. The molecule has 1 aliphatic heterocycles. The molecule has 9 nitrogen and oxygen atoms in total. The number of anilines is 1. The van der Waals surface area contributed by atoms with E-state index in [1.165, 1.54) is 0 Å². The highest BCUT2D eigenvalue weighted by Gasteiger charge is 2.46. The highest BCUT2D eigenvalue weighted by Crippen LogP contribution is 2.26. The van der Waals surface area contributed by atoms with Crippen LogP contribution in [0.1, 0.15) is 0 Å². The average molecular weight is 329 g/mol. The summed E-state index contributed by atoms with van der Waals surface area (Å²) in [6.07, 6.45) is -6.48. The van der Waals surface area contributed by atoms with Crippen LogP contribution in [0.25, 0.3) is 0 Å². The molecule has 128 valence electrons. The molecule has 0 bridgehead atoms. The molecule has 9 heteroatoms. The number of aliphatic carboxylic acids is 1. The van der Waals surface area contributed by atoms with Gasteiger partial charge in [0.2, 0.25) is 6.29 Å². The first-order valence-corrected chi connectivity index (χ1v) is 6.90. The Kier molecular flexibility index (Phi) is 5.74. The molecule has 1 heterocycles. The van der Waals surface area contributed by atoms with Gasteiger partial charge < -0.3 is 40.4 Å². The molecule has 0 aromatic heterocycles. The number of aliphatic hydroxyl groups excluding tert-OH is 3. The van der Waals surface area contributed by atoms with E-state index in [0.29, 0.717) is 11.4 Å². The molecule has 5 atom stereocenters. The van der Waals surface area contributed by atoms with E-state index in [1.54, 1.807) is 24.3 Å². The van der Waals surface area contributed by atoms with Gasteiger partial charge in [0.05, 0.1) is 6.61 Å². The quantitative estimate of drug-likeness (QED) is 0.395. The Morgan fingerprint density at radius 3 is 2.43 bits per heavy atom. The van der Waals surface area contributed by atoms with E-state index in [-0.39, 0.29) is 0 Å². The van der Waals surface area contributed by atoms with E-state index in [9.17, 15) is 20.1 Å². The van der Waals surface area contributed by atoms with E-state index >= 15 is 0 Å². The summed E-state index contributed by atoms with van der Waals surface area (Å²) in [5.74, 6) is -0.916. The SMILES string of the molecule is Nc1ccc(O[C@H]2O[C@H](CO)[C@@H](O)[C@H](OCC(=O)O)[C@@H]2O)cc1. The van der Waals surface area contributed by atoms with Crippen LogP contribution in [-0.4, -0.2) is 70.3 Å². The van der Waals surface area contributed by atoms with E-state index in [1.807, 2.05) is 0 Å². The number of carboxylic acids is 1. The maximum atomic E-state index is 10.6. The summed E-state index contributed by atoms with van der Waals surface area (Å²) in [4.78, 5) is 10.6. The van der Waals surface area contributed by atoms with Crippen molar-refractivity contribution in [2.45, 2.75) is 30.7 Å². The molecule has 0 radical (unpaired) electrons. The van der Waals surface area contributed by atoms with Crippen molar-refractivity contribution in [2.24, 2.45) is 0 Å². The van der Waals surface area contributed by atoms with Gasteiger partial charge in [-0.3, -0.25) is 0 Å². The van der Waals surface area contributed by atoms with Crippen molar-refractivity contribution >= 4 is 11.7 Å². The van der Waals surface area contributed by atoms with Crippen molar-refractivity contribution in [3.63, 3.8) is 0 Å². The zero-order valence-corrected chi connectivity index (χ0v) is 12.1. The second-order valence-corrected chi connectivity index (χ2v) is 5.06. The predicted octanol–water partition coefficient (Wildman–Crippen LogP) is -1.44. The Hall–Kier alpha value is -1.91. The van der Waals surface area contributed by atoms with Gasteiger partial charge in [-0.2, -0.15) is 0 Å². The summed E-state index contributed by atoms with van der Waals surface area (Å²) in [5.41, 5.74) is 6.08. The fraction of sp³-hybridized carbons (Fsp3) is 0.500. The number of hydrogen-bond acceptors (Lipinski definition) is 8. The Morgan fingerprint density at radius 2 is 1.87 bits per heavy atom. The van der Waals surface area contributed by atoms with Crippen molar-refractivity contribution in [3.8, 4) is 5.75 Å². The van der Waals surface area contributed by atoms with Crippen LogP contribution in [0, 0.1) is 0 Å². The third-order valence-electron chi connectivity index (χ3n) is 3.35. The van der Waals surface area contributed by atoms with Crippen molar-refractivity contribution in [1.82, 2.24) is 0 Å². The Bertz CT molecular complexity index is 522. The summed E-state index contributed by atoms with van der Waals surface area (Å²) < 4.78 is 15.8. The maximum absolute atomic E-state index is 10.6. The monoisotopic (exact) mass is 329 g/mol. The molecule has 0 aliphatic carbocycles. The largest absolute Gasteiger partial charge is 0.480 e. The topological polar surface area (TPSA) is 152 Å². The summed E-state index contributed by atoms with van der Waals surface area (Å²) in [6, 6.07) is 6.28. The number of rotatable bonds is 6. The molecule has 1 fully saturated rings. The van der Waals surface area contributed by atoms with Crippen LogP contribution in [0.4, 0.5) is 5.69 Å². The molecular weight excluding hydrogens is 310 g/mol. The molecule has 1 saturated heterocycles. The van der Waals surface area contributed by atoms with Gasteiger partial charge in [0.1, 0.15) is 36.8 Å². The zero-order valence-electron chi connectivity index (χ0n) is 12.1. The lowest BCUT2D eigenvalue weighted by Crippen LogP contribution is -2.61. The van der Waals surface area contributed by atoms with Gasteiger partial charge in [-0.15, -0.1) is 0 Å². The van der Waals surface area contributed by atoms with Gasteiger partial charge in [-0.05, 0) is 24.3 Å². The van der Waals surface area contributed by atoms with Gasteiger partial charge in [-0.1, -0.05) is 0 Å². The standard InChI is InChI=1S/C14H19NO8/c15-7-1-3-8(4-2-7)22-14-12(20)13(21-6-10(17)18)11(19)9(5-16)23-14/h1-4,9,11-14,16,19-20H,5-6,15H2,(H,17,18)/t9-,11-,12+,13+,14+/m1/s1. The molecule has 6 N–H and O–H groups in total. The van der Waals surface area contributed by atoms with Crippen LogP contribution in [0.15, 0.2) is 24.3 Å². The molecule has 0 amide bonds. The lowest BCUT2D eigenvalue weighted by atomic mass is 9.99. The first-order valence-electron chi connectivity index (χ1n) is 6.90. The van der Waals surface area contributed by atoms with Crippen molar-refractivity contribution in [2.75, 3.05) is 18.9 Å². The van der Waals surface area contributed by atoms with Crippen molar-refractivity contribution in [1.29, 1.82) is 0 Å². The normalized spacial score (nSPS) is 30.8. The minimum Gasteiger partial charge on any atom is -0.480 e. The highest BCUT2D eigenvalue weighted by molar-refractivity contribution is 5.68. The minimum absolute atomic E-state index is 0.341. The number of aliphatic hydroxyl groups is 3. The second-order valence-electron chi connectivity index (χ2n) is 5.06. The van der Waals surface area contributed by atoms with Crippen LogP contribution in [0.3, 0.4) is 0 Å². The van der Waals surface area contributed by atoms with Gasteiger partial charge >= 0.3 is 5.97 Å². The average Bonchev–Trinajstić information content (AvgIpc) is 2.51. The van der Waals surface area contributed by atoms with Crippen LogP contribution < -0.4 is 10.5 Å². The molecule has 1 aromatic carbocycles. The third kappa shape index (κ3) is 4.30. The number of benzene rings is 1. The van der Waals surface area contributed by atoms with Gasteiger partial charge in [0.25, 0.3) is 0 Å². The van der Waals surface area contributed by atoms with E-state index in [0.717, 1.165) is 0 Å². The lowest BCUT2D eigenvalue weighted by molar-refractivity contribution is -0.285. The molecule has 1 aromatic rings. The summed E-state index contributed by atoms with van der Waals surface area (Å²) in [7, 11) is 0. The number of carboxylic acid groups (broad SMARTS) is 1. The fourth-order valence-corrected chi connectivity index (χ4v) is 2.20. The van der Waals surface area contributed by atoms with Gasteiger partial charge in [-0.25, -0.2) is 4.79 Å². The molecular formula is C14H19NO8. The van der Waals surface area contributed by atoms with E-state index < -0.39 is 49.9 Å². The molecule has 0 unspecified atom stereocenters. The highest BCUT2D eigenvalue weighted by atomic mass is 16.7. The molecule has 0 spiro atoms. The number of ether oxygens (including phenoxy) is 3. The Labute approximate surface area is 131 Å². The smallest absolute Gasteiger partial charge is 0.329 e. The zero-order chi connectivity index (χ0) is 17.0. The Balaban J connectivity index is 2.11. The predicted molar refractivity (Wildman–Crippen MR) is 76.6 cm³/mol. The number of nitrogen functional groups attached to an aromatic ring is 1. The third-order valence-corrected chi connectivity index (χ3v) is 3.35. The molecule has 2 rings (SSSR count). The van der Waals surface area contributed by atoms with Crippen molar-refractivity contribution < 1.29 is 39.4 Å². The van der Waals surface area contributed by atoms with Crippen LogP contribution >= 0.6 is 0 Å². The van der Waals surface area contributed by atoms with E-state index in [2.05, 4.69) is 0 Å². The first-order chi connectivity index (χ1) is 10.9. The number of carbonyl (C=O) groups is 1. The molecule has 1 aliphatic rings. The molecule has 23 heavy (non-hydrogen) atoms. The number of nitrogens with two attached hydrogens (primary N) is 1. The van der Waals surface area contributed by atoms with Gasteiger partial charge in [0, 0.05) is 5.69 Å².